The Morgan fingerprint density at radius 3 is 2.37 bits per heavy atom. The van der Waals surface area contributed by atoms with E-state index in [1.54, 1.807) is 11.6 Å². The Kier molecular flexibility index (Phi) is 6.30. The highest BCUT2D eigenvalue weighted by Gasteiger charge is 2.22. The van der Waals surface area contributed by atoms with Gasteiger partial charge in [-0.1, -0.05) is 18.2 Å². The first-order valence-electron chi connectivity index (χ1n) is 9.72. The molecule has 0 saturated heterocycles. The summed E-state index contributed by atoms with van der Waals surface area (Å²) in [5.41, 5.74) is 4.52. The van der Waals surface area contributed by atoms with Crippen LogP contribution in [0.3, 0.4) is 0 Å². The van der Waals surface area contributed by atoms with Crippen LogP contribution in [0.2, 0.25) is 0 Å². The Morgan fingerprint density at radius 1 is 1.03 bits per heavy atom. The SMILES string of the molecule is Cc1ccccc1NC(=O)Cc1c(C)nn([C@H](C)C(=O)Nc2ccc(F)cc2)c1C. The Hall–Kier alpha value is -3.48. The maximum atomic E-state index is 13.1. The number of anilines is 2. The third-order valence-corrected chi connectivity index (χ3v) is 5.09. The molecule has 0 bridgehead atoms. The highest BCUT2D eigenvalue weighted by atomic mass is 19.1. The summed E-state index contributed by atoms with van der Waals surface area (Å²) < 4.78 is 14.7. The van der Waals surface area contributed by atoms with E-state index in [1.165, 1.54) is 24.3 Å². The van der Waals surface area contributed by atoms with Crippen LogP contribution in [-0.2, 0) is 16.0 Å². The Labute approximate surface area is 175 Å². The molecule has 0 radical (unpaired) electrons. The van der Waals surface area contributed by atoms with Crippen LogP contribution < -0.4 is 10.6 Å². The summed E-state index contributed by atoms with van der Waals surface area (Å²) in [4.78, 5) is 25.2. The fourth-order valence-electron chi connectivity index (χ4n) is 3.29. The third kappa shape index (κ3) is 4.74. The van der Waals surface area contributed by atoms with Gasteiger partial charge in [0.15, 0.2) is 0 Å². The number of nitrogens with one attached hydrogen (secondary N) is 2. The molecule has 2 amide bonds. The van der Waals surface area contributed by atoms with Crippen molar-refractivity contribution in [2.24, 2.45) is 0 Å². The van der Waals surface area contributed by atoms with Crippen molar-refractivity contribution in [2.75, 3.05) is 10.6 Å². The summed E-state index contributed by atoms with van der Waals surface area (Å²) in [7, 11) is 0. The molecule has 156 valence electrons. The van der Waals surface area contributed by atoms with Crippen LogP contribution in [0.4, 0.5) is 15.8 Å². The molecule has 1 atom stereocenters. The van der Waals surface area contributed by atoms with Crippen molar-refractivity contribution < 1.29 is 14.0 Å². The van der Waals surface area contributed by atoms with E-state index < -0.39 is 6.04 Å². The van der Waals surface area contributed by atoms with Crippen LogP contribution in [0.15, 0.2) is 48.5 Å². The van der Waals surface area contributed by atoms with Gasteiger partial charge in [-0.3, -0.25) is 14.3 Å². The van der Waals surface area contributed by atoms with E-state index in [2.05, 4.69) is 15.7 Å². The molecule has 0 aliphatic heterocycles. The highest BCUT2D eigenvalue weighted by molar-refractivity contribution is 5.94. The molecule has 3 aromatic rings. The van der Waals surface area contributed by atoms with Crippen molar-refractivity contribution in [3.05, 3.63) is 76.9 Å². The lowest BCUT2D eigenvalue weighted by molar-refractivity contribution is -0.119. The molecular weight excluding hydrogens is 383 g/mol. The number of benzene rings is 2. The molecule has 0 saturated carbocycles. The minimum absolute atomic E-state index is 0.140. The first-order valence-corrected chi connectivity index (χ1v) is 9.72. The largest absolute Gasteiger partial charge is 0.326 e. The summed E-state index contributed by atoms with van der Waals surface area (Å²) in [6, 6.07) is 12.6. The van der Waals surface area contributed by atoms with Crippen molar-refractivity contribution in [2.45, 2.75) is 40.2 Å². The maximum absolute atomic E-state index is 13.1. The van der Waals surface area contributed by atoms with Crippen molar-refractivity contribution in [3.8, 4) is 0 Å². The molecule has 30 heavy (non-hydrogen) atoms. The number of hydrogen-bond donors (Lipinski definition) is 2. The van der Waals surface area contributed by atoms with Crippen LogP contribution in [0.25, 0.3) is 0 Å². The fourth-order valence-corrected chi connectivity index (χ4v) is 3.29. The topological polar surface area (TPSA) is 76.0 Å². The zero-order valence-electron chi connectivity index (χ0n) is 17.5. The number of aryl methyl sites for hydroxylation is 2. The molecule has 6 nitrogen and oxygen atoms in total. The predicted molar refractivity (Wildman–Crippen MR) is 115 cm³/mol. The second kappa shape index (κ2) is 8.90. The third-order valence-electron chi connectivity index (χ3n) is 5.09. The average molecular weight is 408 g/mol. The van der Waals surface area contributed by atoms with Gasteiger partial charge in [0.2, 0.25) is 11.8 Å². The van der Waals surface area contributed by atoms with Crippen molar-refractivity contribution >= 4 is 23.2 Å². The van der Waals surface area contributed by atoms with Crippen LogP contribution in [0, 0.1) is 26.6 Å². The Morgan fingerprint density at radius 2 is 1.70 bits per heavy atom. The van der Waals surface area contributed by atoms with E-state index >= 15 is 0 Å². The van der Waals surface area contributed by atoms with Gasteiger partial charge in [0, 0.05) is 22.6 Å². The molecule has 1 heterocycles. The Bertz CT molecular complexity index is 1070. The van der Waals surface area contributed by atoms with E-state index in [0.717, 1.165) is 22.5 Å². The summed E-state index contributed by atoms with van der Waals surface area (Å²) in [5, 5.41) is 10.2. The highest BCUT2D eigenvalue weighted by Crippen LogP contribution is 2.21. The summed E-state index contributed by atoms with van der Waals surface area (Å²) >= 11 is 0. The number of nitrogens with zero attached hydrogens (tertiary/aromatic N) is 2. The molecule has 0 aliphatic rings. The smallest absolute Gasteiger partial charge is 0.248 e. The molecule has 2 N–H and O–H groups in total. The van der Waals surface area contributed by atoms with Gasteiger partial charge in [0.25, 0.3) is 0 Å². The second-order valence-electron chi connectivity index (χ2n) is 7.31. The first-order chi connectivity index (χ1) is 14.3. The number of carbonyl (C=O) groups excluding carboxylic acids is 2. The van der Waals surface area contributed by atoms with E-state index in [4.69, 9.17) is 0 Å². The quantitative estimate of drug-likeness (QED) is 0.637. The predicted octanol–water partition coefficient (Wildman–Crippen LogP) is 4.33. The van der Waals surface area contributed by atoms with Gasteiger partial charge in [-0.05, 0) is 63.6 Å². The molecule has 7 heteroatoms. The zero-order chi connectivity index (χ0) is 21.8. The summed E-state index contributed by atoms with van der Waals surface area (Å²) in [5.74, 6) is -0.783. The minimum Gasteiger partial charge on any atom is -0.326 e. The first kappa shape index (κ1) is 21.2. The molecule has 0 fully saturated rings. The standard InChI is InChI=1S/C23H25FN4O2/c1-14-7-5-6-8-21(14)26-22(29)13-20-15(2)27-28(16(20)3)17(4)23(30)25-19-11-9-18(24)10-12-19/h5-12,17H,13H2,1-4H3,(H,25,30)(H,26,29)/t17-/m1/s1. The Balaban J connectivity index is 1.72. The van der Waals surface area contributed by atoms with E-state index in [9.17, 15) is 14.0 Å². The molecule has 0 spiro atoms. The van der Waals surface area contributed by atoms with Crippen molar-refractivity contribution in [1.82, 2.24) is 9.78 Å². The molecular formula is C23H25FN4O2. The van der Waals surface area contributed by atoms with E-state index in [-0.39, 0.29) is 24.1 Å². The number of halogens is 1. The molecule has 0 unspecified atom stereocenters. The summed E-state index contributed by atoms with van der Waals surface area (Å²) in [6.45, 7) is 7.34. The number of para-hydroxylation sites is 1. The van der Waals surface area contributed by atoms with Gasteiger partial charge in [-0.15, -0.1) is 0 Å². The molecule has 2 aromatic carbocycles. The van der Waals surface area contributed by atoms with E-state index in [0.29, 0.717) is 11.4 Å². The van der Waals surface area contributed by atoms with Gasteiger partial charge in [0.1, 0.15) is 11.9 Å². The van der Waals surface area contributed by atoms with Crippen LogP contribution in [0.5, 0.6) is 0 Å². The lowest BCUT2D eigenvalue weighted by atomic mass is 10.1. The molecule has 1 aromatic heterocycles. The van der Waals surface area contributed by atoms with Gasteiger partial charge < -0.3 is 10.6 Å². The summed E-state index contributed by atoms with van der Waals surface area (Å²) in [6.07, 6.45) is 0.165. The molecule has 3 rings (SSSR count). The van der Waals surface area contributed by atoms with Crippen LogP contribution in [-0.4, -0.2) is 21.6 Å². The normalized spacial score (nSPS) is 11.8. The van der Waals surface area contributed by atoms with Crippen LogP contribution >= 0.6 is 0 Å². The van der Waals surface area contributed by atoms with Gasteiger partial charge in [0.05, 0.1) is 12.1 Å². The fraction of sp³-hybridized carbons (Fsp3) is 0.261. The van der Waals surface area contributed by atoms with Crippen molar-refractivity contribution in [1.29, 1.82) is 0 Å². The van der Waals surface area contributed by atoms with E-state index in [1.807, 2.05) is 45.0 Å². The number of rotatable bonds is 6. The number of amides is 2. The lowest BCUT2D eigenvalue weighted by Gasteiger charge is -2.15. The zero-order valence-corrected chi connectivity index (χ0v) is 17.5. The lowest BCUT2D eigenvalue weighted by Crippen LogP contribution is -2.25. The number of aromatic nitrogens is 2. The number of carbonyl (C=O) groups is 2. The van der Waals surface area contributed by atoms with Crippen LogP contribution in [0.1, 0.15) is 35.5 Å². The van der Waals surface area contributed by atoms with Gasteiger partial charge >= 0.3 is 0 Å². The maximum Gasteiger partial charge on any atom is 0.248 e. The second-order valence-corrected chi connectivity index (χ2v) is 7.31. The average Bonchev–Trinajstić information content (AvgIpc) is 2.99. The molecule has 0 aliphatic carbocycles. The monoisotopic (exact) mass is 408 g/mol. The minimum atomic E-state index is -0.595. The van der Waals surface area contributed by atoms with Crippen molar-refractivity contribution in [3.63, 3.8) is 0 Å². The van der Waals surface area contributed by atoms with Gasteiger partial charge in [-0.2, -0.15) is 5.10 Å². The number of hydrogen-bond acceptors (Lipinski definition) is 3. The van der Waals surface area contributed by atoms with Gasteiger partial charge in [-0.25, -0.2) is 4.39 Å².